The van der Waals surface area contributed by atoms with Gasteiger partial charge in [0.25, 0.3) is 5.91 Å². The zero-order valence-corrected chi connectivity index (χ0v) is 11.5. The van der Waals surface area contributed by atoms with Gasteiger partial charge in [-0.25, -0.2) is 4.39 Å². The molecular formula is C15H15FN2O3. The summed E-state index contributed by atoms with van der Waals surface area (Å²) in [6.45, 7) is 0.196. The molecule has 110 valence electrons. The molecule has 0 radical (unpaired) electrons. The summed E-state index contributed by atoms with van der Waals surface area (Å²) < 4.78 is 18.9. The van der Waals surface area contributed by atoms with Crippen LogP contribution in [0.1, 0.15) is 26.5 Å². The quantitative estimate of drug-likeness (QED) is 0.799. The molecule has 21 heavy (non-hydrogen) atoms. The van der Waals surface area contributed by atoms with Crippen LogP contribution in [0.3, 0.4) is 0 Å². The number of benzene rings is 1. The van der Waals surface area contributed by atoms with E-state index < -0.39 is 0 Å². The molecule has 0 saturated carbocycles. The Labute approximate surface area is 121 Å². The van der Waals surface area contributed by atoms with E-state index in [1.807, 2.05) is 0 Å². The van der Waals surface area contributed by atoms with Gasteiger partial charge >= 0.3 is 0 Å². The molecule has 1 amide bonds. The fraction of sp³-hybridized carbons (Fsp3) is 0.200. The van der Waals surface area contributed by atoms with Crippen molar-refractivity contribution < 1.29 is 18.7 Å². The monoisotopic (exact) mass is 290 g/mol. The second-order valence-electron chi connectivity index (χ2n) is 4.35. The predicted molar refractivity (Wildman–Crippen MR) is 75.2 cm³/mol. The fourth-order valence-corrected chi connectivity index (χ4v) is 1.90. The van der Waals surface area contributed by atoms with E-state index in [0.29, 0.717) is 18.3 Å². The number of H-pyrrole nitrogens is 1. The molecule has 1 aromatic carbocycles. The Bertz CT molecular complexity index is 652. The van der Waals surface area contributed by atoms with Gasteiger partial charge in [-0.3, -0.25) is 9.59 Å². The number of hydrogen-bond donors (Lipinski definition) is 2. The van der Waals surface area contributed by atoms with Crippen molar-refractivity contribution in [3.05, 3.63) is 53.1 Å². The lowest BCUT2D eigenvalue weighted by atomic mass is 10.1. The highest BCUT2D eigenvalue weighted by Gasteiger charge is 2.15. The van der Waals surface area contributed by atoms with Crippen LogP contribution in [0.5, 0.6) is 5.75 Å². The maximum Gasteiger partial charge on any atom is 0.271 e. The summed E-state index contributed by atoms with van der Waals surface area (Å²) in [5, 5.41) is 2.45. The smallest absolute Gasteiger partial charge is 0.271 e. The Morgan fingerprint density at radius 2 is 2.19 bits per heavy atom. The third kappa shape index (κ3) is 3.47. The molecule has 0 aliphatic heterocycles. The summed E-state index contributed by atoms with van der Waals surface area (Å²) in [6.07, 6.45) is 0.956. The van der Waals surface area contributed by atoms with Crippen molar-refractivity contribution in [1.82, 2.24) is 10.3 Å². The maximum atomic E-state index is 13.5. The van der Waals surface area contributed by atoms with Crippen LogP contribution < -0.4 is 10.1 Å². The number of carbonyl (C=O) groups excluding carboxylic acids is 2. The van der Waals surface area contributed by atoms with Crippen molar-refractivity contribution in [1.29, 1.82) is 0 Å². The molecule has 0 saturated heterocycles. The highest BCUT2D eigenvalue weighted by molar-refractivity contribution is 5.96. The number of ether oxygens (including phenoxy) is 1. The molecule has 0 atom stereocenters. The molecule has 0 spiro atoms. The lowest BCUT2D eigenvalue weighted by Gasteiger charge is -2.07. The van der Waals surface area contributed by atoms with Gasteiger partial charge in [0.05, 0.1) is 12.3 Å². The van der Waals surface area contributed by atoms with E-state index >= 15 is 0 Å². The van der Waals surface area contributed by atoms with Gasteiger partial charge in [0.2, 0.25) is 0 Å². The minimum atomic E-state index is -0.385. The Morgan fingerprint density at radius 1 is 1.43 bits per heavy atom. The van der Waals surface area contributed by atoms with Crippen LogP contribution in [0.2, 0.25) is 0 Å². The van der Waals surface area contributed by atoms with Gasteiger partial charge in [-0.15, -0.1) is 0 Å². The van der Waals surface area contributed by atoms with Crippen molar-refractivity contribution in [3.63, 3.8) is 0 Å². The summed E-state index contributed by atoms with van der Waals surface area (Å²) in [5.41, 5.74) is 0.952. The maximum absolute atomic E-state index is 13.5. The van der Waals surface area contributed by atoms with E-state index in [9.17, 15) is 14.0 Å². The Hall–Kier alpha value is -2.63. The van der Waals surface area contributed by atoms with E-state index in [1.54, 1.807) is 18.2 Å². The molecule has 1 aromatic heterocycles. The SMILES string of the molecule is CNC(=O)c1[nH]c(C=O)cc1OCCc1ccccc1F. The number of rotatable bonds is 6. The molecule has 2 rings (SSSR count). The number of amides is 1. The van der Waals surface area contributed by atoms with E-state index in [2.05, 4.69) is 10.3 Å². The summed E-state index contributed by atoms with van der Waals surface area (Å²) in [4.78, 5) is 25.1. The predicted octanol–water partition coefficient (Wildman–Crippen LogP) is 1.95. The summed E-state index contributed by atoms with van der Waals surface area (Å²) in [6, 6.07) is 7.86. The van der Waals surface area contributed by atoms with Crippen LogP contribution >= 0.6 is 0 Å². The van der Waals surface area contributed by atoms with Crippen molar-refractivity contribution in [3.8, 4) is 5.75 Å². The molecule has 0 unspecified atom stereocenters. The van der Waals surface area contributed by atoms with Crippen molar-refractivity contribution in [2.75, 3.05) is 13.7 Å². The zero-order chi connectivity index (χ0) is 15.2. The molecule has 6 heteroatoms. The van der Waals surface area contributed by atoms with Gasteiger partial charge in [-0.1, -0.05) is 18.2 Å². The zero-order valence-electron chi connectivity index (χ0n) is 11.5. The summed E-state index contributed by atoms with van der Waals surface area (Å²) in [5.74, 6) is -0.410. The molecule has 0 aliphatic carbocycles. The lowest BCUT2D eigenvalue weighted by molar-refractivity contribution is 0.0954. The molecule has 0 fully saturated rings. The van der Waals surface area contributed by atoms with Gasteiger partial charge < -0.3 is 15.0 Å². The van der Waals surface area contributed by atoms with Crippen LogP contribution in [-0.2, 0) is 6.42 Å². The topological polar surface area (TPSA) is 71.2 Å². The Balaban J connectivity index is 2.06. The standard InChI is InChI=1S/C15H15FN2O3/c1-17-15(20)14-13(8-11(9-19)18-14)21-7-6-10-4-2-3-5-12(10)16/h2-5,8-9,18H,6-7H2,1H3,(H,17,20). The van der Waals surface area contributed by atoms with E-state index in [0.717, 1.165) is 0 Å². The highest BCUT2D eigenvalue weighted by atomic mass is 19.1. The molecule has 5 nitrogen and oxygen atoms in total. The third-order valence-electron chi connectivity index (χ3n) is 2.97. The molecular weight excluding hydrogens is 275 g/mol. The van der Waals surface area contributed by atoms with Gasteiger partial charge in [-0.2, -0.15) is 0 Å². The first-order chi connectivity index (χ1) is 10.2. The summed E-state index contributed by atoms with van der Waals surface area (Å²) in [7, 11) is 1.48. The highest BCUT2D eigenvalue weighted by Crippen LogP contribution is 2.20. The molecule has 0 aliphatic rings. The molecule has 0 bridgehead atoms. The van der Waals surface area contributed by atoms with Gasteiger partial charge in [0.1, 0.15) is 11.5 Å². The molecule has 2 aromatic rings. The Kier molecular flexibility index (Phi) is 4.71. The first-order valence-corrected chi connectivity index (χ1v) is 6.42. The van der Waals surface area contributed by atoms with E-state index in [-0.39, 0.29) is 35.5 Å². The van der Waals surface area contributed by atoms with Crippen LogP contribution in [0, 0.1) is 5.82 Å². The second-order valence-corrected chi connectivity index (χ2v) is 4.35. The number of aldehydes is 1. The summed E-state index contributed by atoms with van der Waals surface area (Å²) >= 11 is 0. The van der Waals surface area contributed by atoms with Crippen LogP contribution in [0.25, 0.3) is 0 Å². The minimum absolute atomic E-state index is 0.174. The minimum Gasteiger partial charge on any atom is -0.491 e. The normalized spacial score (nSPS) is 10.2. The number of aromatic amines is 1. The fourth-order valence-electron chi connectivity index (χ4n) is 1.90. The number of nitrogens with one attached hydrogen (secondary N) is 2. The Morgan fingerprint density at radius 3 is 2.86 bits per heavy atom. The van der Waals surface area contributed by atoms with E-state index in [4.69, 9.17) is 4.74 Å². The molecule has 1 heterocycles. The average Bonchev–Trinajstić information content (AvgIpc) is 2.92. The van der Waals surface area contributed by atoms with Gasteiger partial charge in [-0.05, 0) is 11.6 Å². The van der Waals surface area contributed by atoms with Crippen LogP contribution in [0.4, 0.5) is 4.39 Å². The largest absolute Gasteiger partial charge is 0.491 e. The van der Waals surface area contributed by atoms with Gasteiger partial charge in [0, 0.05) is 19.5 Å². The lowest BCUT2D eigenvalue weighted by Crippen LogP contribution is -2.19. The van der Waals surface area contributed by atoms with Crippen LogP contribution in [-0.4, -0.2) is 30.8 Å². The van der Waals surface area contributed by atoms with Crippen LogP contribution in [0.15, 0.2) is 30.3 Å². The number of halogens is 1. The number of carbonyl (C=O) groups is 2. The number of hydrogen-bond acceptors (Lipinski definition) is 3. The molecule has 2 N–H and O–H groups in total. The van der Waals surface area contributed by atoms with Crippen molar-refractivity contribution in [2.45, 2.75) is 6.42 Å². The second kappa shape index (κ2) is 6.69. The van der Waals surface area contributed by atoms with E-state index in [1.165, 1.54) is 19.2 Å². The number of aromatic nitrogens is 1. The van der Waals surface area contributed by atoms with Crippen molar-refractivity contribution in [2.24, 2.45) is 0 Å². The first-order valence-electron chi connectivity index (χ1n) is 6.42. The average molecular weight is 290 g/mol. The van der Waals surface area contributed by atoms with Gasteiger partial charge in [0.15, 0.2) is 12.0 Å². The van der Waals surface area contributed by atoms with Crippen molar-refractivity contribution >= 4 is 12.2 Å². The third-order valence-corrected chi connectivity index (χ3v) is 2.97. The first kappa shape index (κ1) is 14.8.